The zero-order chi connectivity index (χ0) is 29.5. The van der Waals surface area contributed by atoms with Crippen LogP contribution >= 0.6 is 0 Å². The monoisotopic (exact) mass is 537 g/mol. The summed E-state index contributed by atoms with van der Waals surface area (Å²) in [6.07, 6.45) is 0.844. The average Bonchev–Trinajstić information content (AvgIpc) is 2.84. The van der Waals surface area contributed by atoms with E-state index in [-0.39, 0.29) is 17.7 Å². The first-order chi connectivity index (χ1) is 18.1. The maximum atomic E-state index is 14.4. The molecule has 0 aliphatic heterocycles. The Morgan fingerprint density at radius 2 is 1.51 bits per heavy atom. The molecule has 0 aliphatic rings. The maximum Gasteiger partial charge on any atom is 0.408 e. The van der Waals surface area contributed by atoms with Crippen molar-refractivity contribution in [3.05, 3.63) is 65.2 Å². The van der Waals surface area contributed by atoms with Crippen molar-refractivity contribution in [3.63, 3.8) is 0 Å². The second-order valence-electron chi connectivity index (χ2n) is 12.2. The number of carbonyl (C=O) groups is 3. The normalized spacial score (nSPS) is 14.1. The average molecular weight is 538 g/mol. The Kier molecular flexibility index (Phi) is 10.7. The number of alkyl carbamates (subject to hydrolysis) is 1. The van der Waals surface area contributed by atoms with Gasteiger partial charge in [-0.25, -0.2) is 4.79 Å². The number of benzene rings is 2. The van der Waals surface area contributed by atoms with E-state index < -0.39 is 29.3 Å². The van der Waals surface area contributed by atoms with Crippen molar-refractivity contribution in [1.82, 2.24) is 10.2 Å². The van der Waals surface area contributed by atoms with Gasteiger partial charge in [-0.1, -0.05) is 69.7 Å². The van der Waals surface area contributed by atoms with Gasteiger partial charge in [0.2, 0.25) is 5.91 Å². The van der Waals surface area contributed by atoms with Gasteiger partial charge >= 0.3 is 6.09 Å². The second-order valence-corrected chi connectivity index (χ2v) is 12.2. The third-order valence-corrected chi connectivity index (χ3v) is 6.72. The largest absolute Gasteiger partial charge is 0.444 e. The molecule has 0 saturated heterocycles. The first-order valence-electron chi connectivity index (χ1n) is 13.9. The first kappa shape index (κ1) is 31.9. The van der Waals surface area contributed by atoms with Gasteiger partial charge in [-0.15, -0.1) is 0 Å². The van der Waals surface area contributed by atoms with Crippen LogP contribution in [0.4, 0.5) is 10.5 Å². The Hall–Kier alpha value is -3.35. The van der Waals surface area contributed by atoms with E-state index in [4.69, 9.17) is 4.74 Å². The lowest BCUT2D eigenvalue weighted by atomic mass is 9.91. The zero-order valence-electron chi connectivity index (χ0n) is 25.3. The molecule has 7 heteroatoms. The summed E-state index contributed by atoms with van der Waals surface area (Å²) in [6, 6.07) is 13.5. The number of para-hydroxylation sites is 1. The van der Waals surface area contributed by atoms with Crippen LogP contribution in [0.1, 0.15) is 91.5 Å². The van der Waals surface area contributed by atoms with Gasteiger partial charge in [0.05, 0.1) is 0 Å². The molecule has 39 heavy (non-hydrogen) atoms. The standard InChI is InChI=1S/C32H47N3O4/c1-11-21(3)26(34-30(38)39-32(8,9)10)29(37)35(31(5,6)7)27(24-19-17-23(12-2)18-20-24)28(36)33-25-16-14-13-15-22(25)4/h13-21,26-27H,11-12H2,1-10H3,(H,33,36)(H,34,38). The van der Waals surface area contributed by atoms with Crippen molar-refractivity contribution in [2.75, 3.05) is 5.32 Å². The molecule has 0 aliphatic carbocycles. The molecule has 2 aromatic rings. The highest BCUT2D eigenvalue weighted by molar-refractivity contribution is 5.99. The molecular formula is C32H47N3O4. The Balaban J connectivity index is 2.62. The molecular weight excluding hydrogens is 490 g/mol. The van der Waals surface area contributed by atoms with Gasteiger partial charge in [-0.2, -0.15) is 0 Å². The van der Waals surface area contributed by atoms with Crippen molar-refractivity contribution < 1.29 is 19.1 Å². The van der Waals surface area contributed by atoms with E-state index in [1.165, 1.54) is 0 Å². The van der Waals surface area contributed by atoms with Gasteiger partial charge in [0.1, 0.15) is 17.7 Å². The van der Waals surface area contributed by atoms with Crippen molar-refractivity contribution in [1.29, 1.82) is 0 Å². The fourth-order valence-corrected chi connectivity index (χ4v) is 4.38. The van der Waals surface area contributed by atoms with E-state index >= 15 is 0 Å². The molecule has 7 nitrogen and oxygen atoms in total. The van der Waals surface area contributed by atoms with Gasteiger partial charge in [0, 0.05) is 11.2 Å². The molecule has 3 atom stereocenters. The fourth-order valence-electron chi connectivity index (χ4n) is 4.38. The van der Waals surface area contributed by atoms with E-state index in [2.05, 4.69) is 17.6 Å². The lowest BCUT2D eigenvalue weighted by molar-refractivity contribution is -0.147. The molecule has 0 fully saturated rings. The van der Waals surface area contributed by atoms with E-state index in [1.807, 2.05) is 90.1 Å². The number of nitrogens with zero attached hydrogens (tertiary/aromatic N) is 1. The second kappa shape index (κ2) is 13.1. The number of aryl methyl sites for hydroxylation is 2. The van der Waals surface area contributed by atoms with E-state index in [0.29, 0.717) is 17.7 Å². The Labute approximate surface area is 234 Å². The molecule has 2 rings (SSSR count). The summed E-state index contributed by atoms with van der Waals surface area (Å²) in [5.41, 5.74) is 1.97. The molecule has 0 spiro atoms. The van der Waals surface area contributed by atoms with Crippen LogP contribution in [0.25, 0.3) is 0 Å². The van der Waals surface area contributed by atoms with Crippen LogP contribution in [0.3, 0.4) is 0 Å². The Morgan fingerprint density at radius 1 is 0.923 bits per heavy atom. The number of rotatable bonds is 9. The highest BCUT2D eigenvalue weighted by atomic mass is 16.6. The smallest absolute Gasteiger partial charge is 0.408 e. The van der Waals surface area contributed by atoms with Gasteiger partial charge in [-0.3, -0.25) is 9.59 Å². The van der Waals surface area contributed by atoms with Crippen molar-refractivity contribution in [2.45, 2.75) is 105 Å². The molecule has 214 valence electrons. The number of amides is 3. The number of carbonyl (C=O) groups excluding carboxylic acids is 3. The number of hydrogen-bond acceptors (Lipinski definition) is 4. The Morgan fingerprint density at radius 3 is 2.00 bits per heavy atom. The van der Waals surface area contributed by atoms with Gasteiger partial charge in [0.15, 0.2) is 0 Å². The third kappa shape index (κ3) is 8.84. The molecule has 2 N–H and O–H groups in total. The van der Waals surface area contributed by atoms with E-state index in [0.717, 1.165) is 17.5 Å². The lowest BCUT2D eigenvalue weighted by Crippen LogP contribution is -2.59. The summed E-state index contributed by atoms with van der Waals surface area (Å²) in [4.78, 5) is 42.9. The molecule has 0 aromatic heterocycles. The summed E-state index contributed by atoms with van der Waals surface area (Å²) in [5.74, 6) is -0.860. The number of ether oxygens (including phenoxy) is 1. The molecule has 0 bridgehead atoms. The third-order valence-electron chi connectivity index (χ3n) is 6.72. The highest BCUT2D eigenvalue weighted by Gasteiger charge is 2.43. The molecule has 0 radical (unpaired) electrons. The number of nitrogens with one attached hydrogen (secondary N) is 2. The summed E-state index contributed by atoms with van der Waals surface area (Å²) < 4.78 is 5.49. The quantitative estimate of drug-likeness (QED) is 0.368. The number of anilines is 1. The lowest BCUT2D eigenvalue weighted by Gasteiger charge is -2.44. The fraction of sp³-hybridized carbons (Fsp3) is 0.531. The highest BCUT2D eigenvalue weighted by Crippen LogP contribution is 2.32. The SMILES string of the molecule is CCc1ccc(C(C(=O)Nc2ccccc2C)N(C(=O)C(NC(=O)OC(C)(C)C)C(C)CC)C(C)(C)C)cc1. The first-order valence-corrected chi connectivity index (χ1v) is 13.9. The molecule has 2 aromatic carbocycles. The summed E-state index contributed by atoms with van der Waals surface area (Å²) in [7, 11) is 0. The Bertz CT molecular complexity index is 1130. The summed E-state index contributed by atoms with van der Waals surface area (Å²) in [5, 5.41) is 5.87. The van der Waals surface area contributed by atoms with Gasteiger partial charge < -0.3 is 20.3 Å². The molecule has 0 saturated carbocycles. The minimum atomic E-state index is -0.935. The predicted octanol–water partition coefficient (Wildman–Crippen LogP) is 6.80. The van der Waals surface area contributed by atoms with E-state index in [9.17, 15) is 14.4 Å². The van der Waals surface area contributed by atoms with E-state index in [1.54, 1.807) is 25.7 Å². The van der Waals surface area contributed by atoms with Crippen LogP contribution in [-0.4, -0.2) is 40.0 Å². The van der Waals surface area contributed by atoms with Gasteiger partial charge in [0.25, 0.3) is 5.91 Å². The minimum Gasteiger partial charge on any atom is -0.444 e. The van der Waals surface area contributed by atoms with Crippen LogP contribution < -0.4 is 10.6 Å². The molecule has 3 amide bonds. The summed E-state index contributed by atoms with van der Waals surface area (Å²) in [6.45, 7) is 18.9. The molecule has 0 heterocycles. The minimum absolute atomic E-state index is 0.197. The molecule has 3 unspecified atom stereocenters. The van der Waals surface area contributed by atoms with Crippen molar-refractivity contribution in [2.24, 2.45) is 5.92 Å². The zero-order valence-corrected chi connectivity index (χ0v) is 25.3. The van der Waals surface area contributed by atoms with Crippen molar-refractivity contribution in [3.8, 4) is 0 Å². The number of hydrogen-bond donors (Lipinski definition) is 2. The van der Waals surface area contributed by atoms with Crippen LogP contribution in [0, 0.1) is 12.8 Å². The predicted molar refractivity (Wildman–Crippen MR) is 158 cm³/mol. The van der Waals surface area contributed by atoms with Crippen LogP contribution in [-0.2, 0) is 20.7 Å². The van der Waals surface area contributed by atoms with Crippen LogP contribution in [0.2, 0.25) is 0 Å². The van der Waals surface area contributed by atoms with Crippen LogP contribution in [0.5, 0.6) is 0 Å². The van der Waals surface area contributed by atoms with Crippen molar-refractivity contribution >= 4 is 23.6 Å². The topological polar surface area (TPSA) is 87.7 Å². The summed E-state index contributed by atoms with van der Waals surface area (Å²) >= 11 is 0. The van der Waals surface area contributed by atoms with Crippen LogP contribution in [0.15, 0.2) is 48.5 Å². The maximum absolute atomic E-state index is 14.4. The van der Waals surface area contributed by atoms with Gasteiger partial charge in [-0.05, 0) is 83.6 Å².